The summed E-state index contributed by atoms with van der Waals surface area (Å²) in [6, 6.07) is 12.0. The summed E-state index contributed by atoms with van der Waals surface area (Å²) in [7, 11) is 1.78. The molecule has 1 aromatic carbocycles. The quantitative estimate of drug-likeness (QED) is 0.533. The van der Waals surface area contributed by atoms with Gasteiger partial charge in [-0.2, -0.15) is 5.10 Å². The number of benzene rings is 1. The van der Waals surface area contributed by atoms with Crippen molar-refractivity contribution in [2.24, 2.45) is 5.92 Å². The van der Waals surface area contributed by atoms with Crippen molar-refractivity contribution in [3.8, 4) is 5.69 Å². The third-order valence-electron chi connectivity index (χ3n) is 5.90. The SMILES string of the molecule is Cc1nn(-c2ccccc2)c2sc(C(=O)N3CCC(CN(C)C(=O)OC(C)(C)C)CC3)cc12. The predicted octanol–water partition coefficient (Wildman–Crippen LogP) is 5.11. The lowest BCUT2D eigenvalue weighted by Crippen LogP contribution is -2.42. The molecule has 1 aliphatic heterocycles. The van der Waals surface area contributed by atoms with Crippen LogP contribution in [0, 0.1) is 12.8 Å². The molecule has 1 aliphatic rings. The zero-order chi connectivity index (χ0) is 23.8. The third kappa shape index (κ3) is 5.21. The zero-order valence-corrected chi connectivity index (χ0v) is 20.8. The fourth-order valence-electron chi connectivity index (χ4n) is 4.17. The van der Waals surface area contributed by atoms with Gasteiger partial charge in [0.15, 0.2) is 0 Å². The maximum Gasteiger partial charge on any atom is 0.410 e. The van der Waals surface area contributed by atoms with Gasteiger partial charge in [-0.15, -0.1) is 11.3 Å². The highest BCUT2D eigenvalue weighted by Gasteiger charge is 2.28. The van der Waals surface area contributed by atoms with Crippen LogP contribution in [0.2, 0.25) is 0 Å². The molecule has 0 aliphatic carbocycles. The highest BCUT2D eigenvalue weighted by molar-refractivity contribution is 7.20. The maximum atomic E-state index is 13.2. The number of amides is 2. The molecule has 4 rings (SSSR count). The first kappa shape index (κ1) is 23.3. The molecule has 0 bridgehead atoms. The number of nitrogens with zero attached hydrogens (tertiary/aromatic N) is 4. The largest absolute Gasteiger partial charge is 0.444 e. The number of aromatic nitrogens is 2. The molecule has 0 unspecified atom stereocenters. The van der Waals surface area contributed by atoms with Gasteiger partial charge in [0.05, 0.1) is 16.3 Å². The van der Waals surface area contributed by atoms with Crippen LogP contribution < -0.4 is 0 Å². The Hall–Kier alpha value is -2.87. The van der Waals surface area contributed by atoms with Crippen molar-refractivity contribution in [3.63, 3.8) is 0 Å². The number of ether oxygens (including phenoxy) is 1. The van der Waals surface area contributed by atoms with Crippen LogP contribution in [0.3, 0.4) is 0 Å². The number of carbonyl (C=O) groups is 2. The Kier molecular flexibility index (Phi) is 6.47. The fraction of sp³-hybridized carbons (Fsp3) is 0.480. The van der Waals surface area contributed by atoms with Gasteiger partial charge in [-0.3, -0.25) is 4.79 Å². The van der Waals surface area contributed by atoms with Crippen molar-refractivity contribution in [1.82, 2.24) is 19.6 Å². The van der Waals surface area contributed by atoms with Crippen molar-refractivity contribution in [1.29, 1.82) is 0 Å². The summed E-state index contributed by atoms with van der Waals surface area (Å²) >= 11 is 1.50. The van der Waals surface area contributed by atoms with Crippen molar-refractivity contribution in [2.45, 2.75) is 46.1 Å². The second kappa shape index (κ2) is 9.17. The van der Waals surface area contributed by atoms with E-state index in [0.29, 0.717) is 25.6 Å². The lowest BCUT2D eigenvalue weighted by molar-refractivity contribution is 0.0246. The molecule has 33 heavy (non-hydrogen) atoms. The lowest BCUT2D eigenvalue weighted by atomic mass is 9.96. The predicted molar refractivity (Wildman–Crippen MR) is 131 cm³/mol. The minimum absolute atomic E-state index is 0.0779. The summed E-state index contributed by atoms with van der Waals surface area (Å²) in [5, 5.41) is 5.70. The molecule has 176 valence electrons. The molecule has 1 saturated heterocycles. The fourth-order valence-corrected chi connectivity index (χ4v) is 5.32. The highest BCUT2D eigenvalue weighted by atomic mass is 32.1. The van der Waals surface area contributed by atoms with Crippen molar-refractivity contribution in [3.05, 3.63) is 47.0 Å². The number of hydrogen-bond donors (Lipinski definition) is 0. The van der Waals surface area contributed by atoms with Gasteiger partial charge in [0.2, 0.25) is 0 Å². The maximum absolute atomic E-state index is 13.2. The van der Waals surface area contributed by atoms with E-state index < -0.39 is 5.60 Å². The lowest BCUT2D eigenvalue weighted by Gasteiger charge is -2.34. The first-order valence-corrected chi connectivity index (χ1v) is 12.2. The number of aryl methyl sites for hydroxylation is 1. The molecule has 2 aromatic heterocycles. The third-order valence-corrected chi connectivity index (χ3v) is 6.99. The topological polar surface area (TPSA) is 67.7 Å². The molecule has 0 N–H and O–H groups in total. The number of para-hydroxylation sites is 1. The van der Waals surface area contributed by atoms with Gasteiger partial charge in [-0.25, -0.2) is 9.48 Å². The molecule has 3 aromatic rings. The summed E-state index contributed by atoms with van der Waals surface area (Å²) in [4.78, 5) is 30.8. The number of carbonyl (C=O) groups excluding carboxylic acids is 2. The summed E-state index contributed by atoms with van der Waals surface area (Å²) in [5.74, 6) is 0.442. The molecule has 7 nitrogen and oxygen atoms in total. The molecule has 2 amide bonds. The Morgan fingerprint density at radius 3 is 2.48 bits per heavy atom. The van der Waals surface area contributed by atoms with E-state index >= 15 is 0 Å². The van der Waals surface area contributed by atoms with Crippen molar-refractivity contribution >= 4 is 33.6 Å². The van der Waals surface area contributed by atoms with Crippen LogP contribution >= 0.6 is 11.3 Å². The summed E-state index contributed by atoms with van der Waals surface area (Å²) in [5.41, 5.74) is 1.42. The Balaban J connectivity index is 1.39. The molecule has 8 heteroatoms. The van der Waals surface area contributed by atoms with Gasteiger partial charge in [-0.1, -0.05) is 18.2 Å². The number of thiophene rings is 1. The van der Waals surface area contributed by atoms with Gasteiger partial charge in [0, 0.05) is 32.1 Å². The Labute approximate surface area is 198 Å². The second-order valence-corrected chi connectivity index (χ2v) is 10.8. The summed E-state index contributed by atoms with van der Waals surface area (Å²) in [6.07, 6.45) is 1.45. The van der Waals surface area contributed by atoms with E-state index in [1.165, 1.54) is 11.3 Å². The molecule has 0 spiro atoms. The van der Waals surface area contributed by atoms with Gasteiger partial charge in [-0.05, 0) is 64.7 Å². The van der Waals surface area contributed by atoms with Crippen LogP contribution in [-0.4, -0.2) is 63.9 Å². The first-order chi connectivity index (χ1) is 15.6. The number of likely N-dealkylation sites (tertiary alicyclic amines) is 1. The van der Waals surface area contributed by atoms with Gasteiger partial charge < -0.3 is 14.5 Å². The molecule has 0 saturated carbocycles. The Morgan fingerprint density at radius 1 is 1.18 bits per heavy atom. The van der Waals surface area contributed by atoms with E-state index in [4.69, 9.17) is 4.74 Å². The minimum Gasteiger partial charge on any atom is -0.444 e. The molecule has 1 fully saturated rings. The van der Waals surface area contributed by atoms with Crippen LogP contribution in [0.15, 0.2) is 36.4 Å². The van der Waals surface area contributed by atoms with Crippen LogP contribution in [0.5, 0.6) is 0 Å². The number of piperidine rings is 1. The molecule has 0 atom stereocenters. The molecule has 0 radical (unpaired) electrons. The number of rotatable bonds is 4. The summed E-state index contributed by atoms with van der Waals surface area (Å²) < 4.78 is 7.37. The second-order valence-electron chi connectivity index (χ2n) is 9.76. The van der Waals surface area contributed by atoms with Crippen molar-refractivity contribution < 1.29 is 14.3 Å². The molecular formula is C25H32N4O3S. The van der Waals surface area contributed by atoms with Gasteiger partial charge >= 0.3 is 6.09 Å². The van der Waals surface area contributed by atoms with Crippen LogP contribution in [-0.2, 0) is 4.74 Å². The van der Waals surface area contributed by atoms with E-state index in [0.717, 1.165) is 39.3 Å². The Morgan fingerprint density at radius 2 is 1.85 bits per heavy atom. The van der Waals surface area contributed by atoms with E-state index in [1.807, 2.05) is 73.7 Å². The average Bonchev–Trinajstić information content (AvgIpc) is 3.34. The minimum atomic E-state index is -0.499. The monoisotopic (exact) mass is 468 g/mol. The van der Waals surface area contributed by atoms with Crippen LogP contribution in [0.25, 0.3) is 15.9 Å². The van der Waals surface area contributed by atoms with Crippen molar-refractivity contribution in [2.75, 3.05) is 26.7 Å². The molecule has 3 heterocycles. The zero-order valence-electron chi connectivity index (χ0n) is 20.0. The Bertz CT molecular complexity index is 1140. The van der Waals surface area contributed by atoms with Gasteiger partial charge in [0.1, 0.15) is 10.4 Å². The van der Waals surface area contributed by atoms with Crippen LogP contribution in [0.1, 0.15) is 49.0 Å². The van der Waals surface area contributed by atoms with Gasteiger partial charge in [0.25, 0.3) is 5.91 Å². The first-order valence-electron chi connectivity index (χ1n) is 11.4. The van der Waals surface area contributed by atoms with Crippen LogP contribution in [0.4, 0.5) is 4.79 Å². The van der Waals surface area contributed by atoms with E-state index in [1.54, 1.807) is 11.9 Å². The number of hydrogen-bond acceptors (Lipinski definition) is 5. The van der Waals surface area contributed by atoms with E-state index in [-0.39, 0.29) is 12.0 Å². The molecular weight excluding hydrogens is 436 g/mol. The highest BCUT2D eigenvalue weighted by Crippen LogP contribution is 2.32. The van der Waals surface area contributed by atoms with E-state index in [2.05, 4.69) is 5.10 Å². The normalized spacial score (nSPS) is 15.1. The smallest absolute Gasteiger partial charge is 0.410 e. The van der Waals surface area contributed by atoms with E-state index in [9.17, 15) is 9.59 Å². The standard InChI is InChI=1S/C25H32N4O3S/c1-17-20-15-21(33-23(20)29(26-17)19-9-7-6-8-10-19)22(30)28-13-11-18(12-14-28)16-27(5)24(31)32-25(2,3)4/h6-10,15,18H,11-14,16H2,1-5H3. The average molecular weight is 469 g/mol. The summed E-state index contributed by atoms with van der Waals surface area (Å²) in [6.45, 7) is 9.63. The number of fused-ring (bicyclic) bond motifs is 1.